The van der Waals surface area contributed by atoms with E-state index in [0.717, 1.165) is 18.2 Å². The first-order valence-electron chi connectivity index (χ1n) is 19.7. The van der Waals surface area contributed by atoms with Crippen LogP contribution in [0.2, 0.25) is 0 Å². The summed E-state index contributed by atoms with van der Waals surface area (Å²) in [5, 5.41) is 124. The zero-order valence-corrected chi connectivity index (χ0v) is 33.5. The van der Waals surface area contributed by atoms with Crippen molar-refractivity contribution < 1.29 is 104 Å². The summed E-state index contributed by atoms with van der Waals surface area (Å²) >= 11 is 0. The highest BCUT2D eigenvalue weighted by molar-refractivity contribution is 5.88. The molecule has 1 aromatic heterocycles. The Bertz CT molecular complexity index is 2330. The van der Waals surface area contributed by atoms with Crippen LogP contribution in [0, 0.1) is 0 Å². The topological polar surface area (TPSA) is 355 Å². The number of carbonyl (C=O) groups excluding carboxylic acids is 1. The van der Waals surface area contributed by atoms with Gasteiger partial charge in [0.1, 0.15) is 102 Å². The average Bonchev–Trinajstić information content (AvgIpc) is 3.27. The van der Waals surface area contributed by atoms with Gasteiger partial charge in [0.25, 0.3) is 0 Å². The quantitative estimate of drug-likeness (QED) is 0.0543. The third-order valence-electron chi connectivity index (χ3n) is 10.8. The molecule has 15 unspecified atom stereocenters. The molecule has 3 aliphatic heterocycles. The fourth-order valence-corrected chi connectivity index (χ4v) is 7.19. The van der Waals surface area contributed by atoms with Crippen LogP contribution in [0.15, 0.2) is 76.0 Å². The number of aliphatic hydroxyl groups is 9. The lowest BCUT2D eigenvalue weighted by atomic mass is 9.97. The SMILES string of the molecule is CC1OC(Oc2c(-c3ccc(O)cc3)oc3cc(O)cc(O)c3c2=O)C(OC2OC(COC(=O)C=Cc3ccc(OC4OC(CO)C(O)C(O)C4O)cc3)C(O)C(O)C2O)C(O)C1O. The van der Waals surface area contributed by atoms with Gasteiger partial charge in [0.05, 0.1) is 12.7 Å². The number of benzene rings is 3. The van der Waals surface area contributed by atoms with E-state index in [1.54, 1.807) is 0 Å². The van der Waals surface area contributed by atoms with E-state index >= 15 is 0 Å². The van der Waals surface area contributed by atoms with Crippen molar-refractivity contribution in [3.05, 3.63) is 82.5 Å². The minimum absolute atomic E-state index is 0.142. The number of rotatable bonds is 12. The van der Waals surface area contributed by atoms with E-state index in [1.165, 1.54) is 61.5 Å². The zero-order valence-electron chi connectivity index (χ0n) is 33.5. The molecule has 15 atom stereocenters. The Labute approximate surface area is 361 Å². The van der Waals surface area contributed by atoms with Gasteiger partial charge in [-0.1, -0.05) is 12.1 Å². The van der Waals surface area contributed by atoms with Gasteiger partial charge in [0.15, 0.2) is 18.2 Å². The molecule has 22 nitrogen and oxygen atoms in total. The maximum Gasteiger partial charge on any atom is 0.330 e. The van der Waals surface area contributed by atoms with Crippen LogP contribution >= 0.6 is 0 Å². The molecule has 3 fully saturated rings. The van der Waals surface area contributed by atoms with Crippen molar-refractivity contribution in [1.29, 1.82) is 0 Å². The first-order chi connectivity index (χ1) is 30.4. The molecule has 3 saturated heterocycles. The molecule has 0 saturated carbocycles. The number of phenols is 3. The largest absolute Gasteiger partial charge is 0.508 e. The molecule has 0 spiro atoms. The molecule has 3 aliphatic rings. The first-order valence-corrected chi connectivity index (χ1v) is 19.7. The molecule has 64 heavy (non-hydrogen) atoms. The van der Waals surface area contributed by atoms with Crippen LogP contribution in [-0.4, -0.2) is 173 Å². The van der Waals surface area contributed by atoms with Crippen molar-refractivity contribution in [1.82, 2.24) is 0 Å². The third kappa shape index (κ3) is 9.64. The summed E-state index contributed by atoms with van der Waals surface area (Å²) in [7, 11) is 0. The highest BCUT2D eigenvalue weighted by atomic mass is 16.8. The number of carbonyl (C=O) groups is 1. The van der Waals surface area contributed by atoms with Crippen LogP contribution in [0.1, 0.15) is 12.5 Å². The lowest BCUT2D eigenvalue weighted by Crippen LogP contribution is -2.64. The van der Waals surface area contributed by atoms with Gasteiger partial charge < -0.3 is 98.9 Å². The second kappa shape index (κ2) is 19.3. The number of phenolic OH excluding ortho intramolecular Hbond substituents is 3. The molecule has 0 bridgehead atoms. The number of aromatic hydroxyl groups is 3. The van der Waals surface area contributed by atoms with Gasteiger partial charge >= 0.3 is 5.97 Å². The fraction of sp³-hybridized carbons (Fsp3) is 0.429. The van der Waals surface area contributed by atoms with Gasteiger partial charge in [-0.3, -0.25) is 4.79 Å². The molecule has 0 aliphatic carbocycles. The van der Waals surface area contributed by atoms with Gasteiger partial charge in [0, 0.05) is 23.8 Å². The first kappa shape index (κ1) is 46.5. The lowest BCUT2D eigenvalue weighted by molar-refractivity contribution is -0.355. The van der Waals surface area contributed by atoms with Crippen molar-refractivity contribution in [3.8, 4) is 40.1 Å². The van der Waals surface area contributed by atoms with Crippen molar-refractivity contribution >= 4 is 23.0 Å². The Morgan fingerprint density at radius 1 is 0.688 bits per heavy atom. The molecule has 4 aromatic rings. The van der Waals surface area contributed by atoms with E-state index < -0.39 is 139 Å². The number of fused-ring (bicyclic) bond motifs is 1. The molecule has 346 valence electrons. The molecular weight excluding hydrogens is 856 g/mol. The third-order valence-corrected chi connectivity index (χ3v) is 10.8. The van der Waals surface area contributed by atoms with Gasteiger partial charge in [-0.15, -0.1) is 0 Å². The van der Waals surface area contributed by atoms with E-state index in [4.69, 9.17) is 37.6 Å². The highest BCUT2D eigenvalue weighted by Crippen LogP contribution is 2.38. The van der Waals surface area contributed by atoms with Crippen molar-refractivity contribution in [2.45, 2.75) is 99.0 Å². The summed E-state index contributed by atoms with van der Waals surface area (Å²) in [5.74, 6) is -2.96. The fourth-order valence-electron chi connectivity index (χ4n) is 7.19. The zero-order chi connectivity index (χ0) is 46.1. The summed E-state index contributed by atoms with van der Waals surface area (Å²) in [6.45, 7) is 0.00854. The van der Waals surface area contributed by atoms with Crippen LogP contribution in [0.5, 0.6) is 28.7 Å². The molecule has 0 radical (unpaired) electrons. The summed E-state index contributed by atoms with van der Waals surface area (Å²) in [5.41, 5.74) is -0.638. The summed E-state index contributed by atoms with van der Waals surface area (Å²) in [6, 6.07) is 13.1. The van der Waals surface area contributed by atoms with Crippen LogP contribution in [0.25, 0.3) is 28.4 Å². The Kier molecular flexibility index (Phi) is 14.1. The maximum absolute atomic E-state index is 14.0. The van der Waals surface area contributed by atoms with Gasteiger partial charge in [0.2, 0.25) is 23.8 Å². The Morgan fingerprint density at radius 2 is 1.33 bits per heavy atom. The number of hydrogen-bond donors (Lipinski definition) is 12. The van der Waals surface area contributed by atoms with E-state index in [-0.39, 0.29) is 28.4 Å². The molecular formula is C42H46O22. The average molecular weight is 903 g/mol. The highest BCUT2D eigenvalue weighted by Gasteiger charge is 2.51. The summed E-state index contributed by atoms with van der Waals surface area (Å²) in [6.07, 6.45) is -22.8. The predicted octanol–water partition coefficient (Wildman–Crippen LogP) is -1.95. The molecule has 12 N–H and O–H groups in total. The van der Waals surface area contributed by atoms with E-state index in [2.05, 4.69) is 0 Å². The minimum atomic E-state index is -2.03. The van der Waals surface area contributed by atoms with Gasteiger partial charge in [-0.05, 0) is 55.0 Å². The maximum atomic E-state index is 14.0. The molecule has 3 aromatic carbocycles. The van der Waals surface area contributed by atoms with Crippen LogP contribution in [0.3, 0.4) is 0 Å². The van der Waals surface area contributed by atoms with E-state index in [0.29, 0.717) is 5.56 Å². The molecule has 22 heteroatoms. The van der Waals surface area contributed by atoms with Crippen LogP contribution < -0.4 is 14.9 Å². The number of aliphatic hydroxyl groups excluding tert-OH is 9. The van der Waals surface area contributed by atoms with E-state index in [9.17, 15) is 70.9 Å². The molecule has 0 amide bonds. The summed E-state index contributed by atoms with van der Waals surface area (Å²) < 4.78 is 45.4. The number of hydrogen-bond acceptors (Lipinski definition) is 22. The van der Waals surface area contributed by atoms with Gasteiger partial charge in [-0.25, -0.2) is 4.79 Å². The second-order valence-electron chi connectivity index (χ2n) is 15.2. The monoisotopic (exact) mass is 902 g/mol. The Hall–Kier alpha value is -5.44. The van der Waals surface area contributed by atoms with Crippen molar-refractivity contribution in [2.75, 3.05) is 13.2 Å². The number of ether oxygens (including phenoxy) is 7. The van der Waals surface area contributed by atoms with Crippen molar-refractivity contribution in [2.24, 2.45) is 0 Å². The lowest BCUT2D eigenvalue weighted by Gasteiger charge is -2.45. The summed E-state index contributed by atoms with van der Waals surface area (Å²) in [4.78, 5) is 26.7. The smallest absolute Gasteiger partial charge is 0.330 e. The standard InChI is InChI=1S/C42H46O22/c1-16-28(48)34(54)39(42(58-16)63-38-31(51)27-22(46)12-20(45)13-23(27)60-37(38)18-5-7-19(44)8-6-18)64-41-36(56)33(53)30(50)25(62-41)15-57-26(47)11-4-17-2-9-21(10-3-17)59-40-35(55)32(52)29(49)24(14-43)61-40/h2-13,16,24-25,28-30,32-36,39-46,48-50,52-56H,14-15H2,1H3. The predicted molar refractivity (Wildman–Crippen MR) is 212 cm³/mol. The van der Waals surface area contributed by atoms with Gasteiger partial charge in [-0.2, -0.15) is 0 Å². The Balaban J connectivity index is 1.04. The van der Waals surface area contributed by atoms with Crippen LogP contribution in [-0.2, 0) is 28.5 Å². The van der Waals surface area contributed by atoms with Crippen LogP contribution in [0.4, 0.5) is 0 Å². The molecule has 7 rings (SSSR count). The van der Waals surface area contributed by atoms with Crippen molar-refractivity contribution in [3.63, 3.8) is 0 Å². The molecule has 4 heterocycles. The normalized spacial score (nSPS) is 33.2. The number of esters is 1. The Morgan fingerprint density at radius 3 is 2.00 bits per heavy atom. The van der Waals surface area contributed by atoms with E-state index in [1.807, 2.05) is 0 Å². The second-order valence-corrected chi connectivity index (χ2v) is 15.2. The minimum Gasteiger partial charge on any atom is -0.508 e.